The molecule has 0 saturated heterocycles. The summed E-state index contributed by atoms with van der Waals surface area (Å²) in [5.41, 5.74) is 3.76. The fraction of sp³-hybridized carbons (Fsp3) is 0.217. The Labute approximate surface area is 172 Å². The number of hydrogen-bond acceptors (Lipinski definition) is 4. The van der Waals surface area contributed by atoms with E-state index < -0.39 is 0 Å². The number of rotatable bonds is 5. The molecule has 2 aromatic heterocycles. The lowest BCUT2D eigenvalue weighted by Crippen LogP contribution is -2.31. The van der Waals surface area contributed by atoms with Gasteiger partial charge in [-0.15, -0.1) is 0 Å². The number of fused-ring (bicyclic) bond motifs is 2. The van der Waals surface area contributed by atoms with Gasteiger partial charge in [0.05, 0.1) is 11.4 Å². The number of para-hydroxylation sites is 1. The molecule has 3 heterocycles. The number of nitrogens with one attached hydrogen (secondary N) is 2. The third kappa shape index (κ3) is 3.37. The molecule has 30 heavy (non-hydrogen) atoms. The van der Waals surface area contributed by atoms with Gasteiger partial charge < -0.3 is 15.0 Å². The quantitative estimate of drug-likeness (QED) is 0.536. The van der Waals surface area contributed by atoms with Crippen LogP contribution in [-0.4, -0.2) is 27.4 Å². The molecule has 0 fully saturated rings. The van der Waals surface area contributed by atoms with Gasteiger partial charge in [0, 0.05) is 30.5 Å². The molecular weight excluding hydrogens is 383 g/mol. The second-order valence-corrected chi connectivity index (χ2v) is 7.54. The van der Waals surface area contributed by atoms with Gasteiger partial charge >= 0.3 is 0 Å². The molecule has 2 N–H and O–H groups in total. The van der Waals surface area contributed by atoms with Crippen molar-refractivity contribution in [1.82, 2.24) is 20.1 Å². The highest BCUT2D eigenvalue weighted by atomic mass is 19.1. The topological polar surface area (TPSA) is 71.9 Å². The summed E-state index contributed by atoms with van der Waals surface area (Å²) >= 11 is 0. The highest BCUT2D eigenvalue weighted by Gasteiger charge is 2.22. The van der Waals surface area contributed by atoms with Crippen molar-refractivity contribution in [2.24, 2.45) is 0 Å². The Morgan fingerprint density at radius 3 is 2.83 bits per heavy atom. The Bertz CT molecular complexity index is 1250. The summed E-state index contributed by atoms with van der Waals surface area (Å²) in [5.74, 6) is 0.621. The maximum atomic E-state index is 13.2. The van der Waals surface area contributed by atoms with Crippen molar-refractivity contribution < 1.29 is 9.13 Å². The molecule has 1 aliphatic rings. The number of nitrogens with zero attached hydrogens (tertiary/aromatic N) is 2. The first-order valence-corrected chi connectivity index (χ1v) is 9.91. The highest BCUT2D eigenvalue weighted by Crippen LogP contribution is 2.27. The molecule has 0 bridgehead atoms. The van der Waals surface area contributed by atoms with E-state index in [-0.39, 0.29) is 17.5 Å². The Morgan fingerprint density at radius 2 is 2.03 bits per heavy atom. The lowest BCUT2D eigenvalue weighted by atomic mass is 10.1. The smallest absolute Gasteiger partial charge is 0.254 e. The number of pyridine rings is 1. The predicted molar refractivity (Wildman–Crippen MR) is 113 cm³/mol. The van der Waals surface area contributed by atoms with Gasteiger partial charge in [0.25, 0.3) is 5.56 Å². The fourth-order valence-electron chi connectivity index (χ4n) is 3.90. The van der Waals surface area contributed by atoms with E-state index in [0.717, 1.165) is 23.3 Å². The average molecular weight is 404 g/mol. The molecule has 2 aromatic carbocycles. The van der Waals surface area contributed by atoms with Crippen molar-refractivity contribution in [2.75, 3.05) is 6.54 Å². The van der Waals surface area contributed by atoms with E-state index in [4.69, 9.17) is 4.74 Å². The third-order valence-corrected chi connectivity index (χ3v) is 5.42. The summed E-state index contributed by atoms with van der Waals surface area (Å²) in [6.07, 6.45) is 0.926. The maximum absolute atomic E-state index is 13.2. The van der Waals surface area contributed by atoms with E-state index in [1.807, 2.05) is 31.2 Å². The van der Waals surface area contributed by atoms with Gasteiger partial charge in [-0.1, -0.05) is 18.2 Å². The molecule has 4 aromatic rings. The standard InChI is InChI=1S/C23H21FN4O2/c1-14-20-11-16(12-25-13-19-10-15-4-2-3-5-21(15)30-19)23(29)26-22(20)28(27-14)18-8-6-17(24)7-9-18/h2-9,11,19,25H,10,12-13H2,1H3,(H,26,29)/t19-/m0/s1. The molecular formula is C23H21FN4O2. The predicted octanol–water partition coefficient (Wildman–Crippen LogP) is 3.25. The van der Waals surface area contributed by atoms with Gasteiger partial charge in [-0.05, 0) is 48.9 Å². The van der Waals surface area contributed by atoms with Crippen LogP contribution in [0.2, 0.25) is 0 Å². The number of aromatic amines is 1. The number of aromatic nitrogens is 3. The molecule has 152 valence electrons. The molecule has 6 nitrogen and oxygen atoms in total. The van der Waals surface area contributed by atoms with Crippen LogP contribution in [-0.2, 0) is 13.0 Å². The molecule has 0 spiro atoms. The second kappa shape index (κ2) is 7.42. The van der Waals surface area contributed by atoms with E-state index in [9.17, 15) is 9.18 Å². The first-order valence-electron chi connectivity index (χ1n) is 9.91. The van der Waals surface area contributed by atoms with Crippen LogP contribution in [0.25, 0.3) is 16.7 Å². The highest BCUT2D eigenvalue weighted by molar-refractivity contribution is 5.80. The average Bonchev–Trinajstić information content (AvgIpc) is 3.29. The monoisotopic (exact) mass is 404 g/mol. The van der Waals surface area contributed by atoms with Gasteiger partial charge in [0.1, 0.15) is 23.3 Å². The van der Waals surface area contributed by atoms with E-state index in [1.54, 1.807) is 16.8 Å². The van der Waals surface area contributed by atoms with Gasteiger partial charge in [-0.3, -0.25) is 4.79 Å². The van der Waals surface area contributed by atoms with Crippen molar-refractivity contribution >= 4 is 11.0 Å². The van der Waals surface area contributed by atoms with E-state index in [0.29, 0.717) is 30.0 Å². The summed E-state index contributed by atoms with van der Waals surface area (Å²) in [4.78, 5) is 15.6. The second-order valence-electron chi connectivity index (χ2n) is 7.54. The molecule has 0 amide bonds. The Kier molecular flexibility index (Phi) is 4.59. The van der Waals surface area contributed by atoms with Crippen LogP contribution in [0.1, 0.15) is 16.8 Å². The van der Waals surface area contributed by atoms with Gasteiger partial charge in [-0.2, -0.15) is 5.10 Å². The van der Waals surface area contributed by atoms with Gasteiger partial charge in [0.2, 0.25) is 0 Å². The normalized spacial score (nSPS) is 15.3. The lowest BCUT2D eigenvalue weighted by Gasteiger charge is -2.12. The van der Waals surface area contributed by atoms with Crippen LogP contribution in [0.3, 0.4) is 0 Å². The zero-order chi connectivity index (χ0) is 20.7. The Hall–Kier alpha value is -3.45. The van der Waals surface area contributed by atoms with Crippen molar-refractivity contribution in [3.05, 3.63) is 87.6 Å². The minimum Gasteiger partial charge on any atom is -0.488 e. The van der Waals surface area contributed by atoms with Crippen LogP contribution in [0.5, 0.6) is 5.75 Å². The van der Waals surface area contributed by atoms with E-state index in [2.05, 4.69) is 21.5 Å². The lowest BCUT2D eigenvalue weighted by molar-refractivity contribution is 0.227. The van der Waals surface area contributed by atoms with Gasteiger partial charge in [0.15, 0.2) is 0 Å². The van der Waals surface area contributed by atoms with Crippen molar-refractivity contribution in [1.29, 1.82) is 0 Å². The Balaban J connectivity index is 1.33. The first kappa shape index (κ1) is 18.6. The molecule has 0 unspecified atom stereocenters. The van der Waals surface area contributed by atoms with Crippen LogP contribution < -0.4 is 15.6 Å². The summed E-state index contributed by atoms with van der Waals surface area (Å²) in [6.45, 7) is 2.98. The number of ether oxygens (including phenoxy) is 1. The molecule has 0 aliphatic carbocycles. The molecule has 7 heteroatoms. The van der Waals surface area contributed by atoms with E-state index >= 15 is 0 Å². The summed E-state index contributed by atoms with van der Waals surface area (Å²) in [5, 5.41) is 8.72. The maximum Gasteiger partial charge on any atom is 0.254 e. The number of aryl methyl sites for hydroxylation is 1. The molecule has 0 saturated carbocycles. The zero-order valence-corrected chi connectivity index (χ0v) is 16.5. The molecule has 0 radical (unpaired) electrons. The minimum absolute atomic E-state index is 0.0631. The van der Waals surface area contributed by atoms with Crippen LogP contribution >= 0.6 is 0 Å². The largest absolute Gasteiger partial charge is 0.488 e. The zero-order valence-electron chi connectivity index (χ0n) is 16.5. The molecule has 5 rings (SSSR count). The van der Waals surface area contributed by atoms with Crippen molar-refractivity contribution in [2.45, 2.75) is 26.0 Å². The van der Waals surface area contributed by atoms with Crippen LogP contribution in [0.15, 0.2) is 59.4 Å². The number of halogens is 1. The fourth-order valence-corrected chi connectivity index (χ4v) is 3.90. The third-order valence-electron chi connectivity index (χ3n) is 5.42. The summed E-state index contributed by atoms with van der Waals surface area (Å²) in [6, 6.07) is 15.9. The number of benzene rings is 2. The summed E-state index contributed by atoms with van der Waals surface area (Å²) < 4.78 is 20.8. The first-order chi connectivity index (χ1) is 14.6. The Morgan fingerprint density at radius 1 is 1.23 bits per heavy atom. The van der Waals surface area contributed by atoms with Gasteiger partial charge in [-0.25, -0.2) is 9.07 Å². The van der Waals surface area contributed by atoms with Crippen LogP contribution in [0, 0.1) is 12.7 Å². The van der Waals surface area contributed by atoms with Crippen molar-refractivity contribution in [3.63, 3.8) is 0 Å². The number of hydrogen-bond donors (Lipinski definition) is 2. The summed E-state index contributed by atoms with van der Waals surface area (Å²) in [7, 11) is 0. The SMILES string of the molecule is Cc1nn(-c2ccc(F)cc2)c2[nH]c(=O)c(CNC[C@@H]3Cc4ccccc4O3)cc12. The van der Waals surface area contributed by atoms with Crippen molar-refractivity contribution in [3.8, 4) is 11.4 Å². The molecule has 1 aliphatic heterocycles. The number of H-pyrrole nitrogens is 1. The molecule has 1 atom stereocenters. The van der Waals surface area contributed by atoms with Crippen LogP contribution in [0.4, 0.5) is 4.39 Å². The van der Waals surface area contributed by atoms with E-state index in [1.165, 1.54) is 17.7 Å². The minimum atomic E-state index is -0.317.